The van der Waals surface area contributed by atoms with E-state index in [2.05, 4.69) is 0 Å². The molecule has 1 aromatic rings. The topological polar surface area (TPSA) is 57.7 Å². The van der Waals surface area contributed by atoms with E-state index in [0.717, 1.165) is 43.4 Å². The number of carbonyl (C=O) groups excluding carboxylic acids is 1. The maximum Gasteiger partial charge on any atom is 0.243 e. The summed E-state index contributed by atoms with van der Waals surface area (Å²) in [4.78, 5) is 13.9. The second-order valence-corrected chi connectivity index (χ2v) is 8.24. The number of amides is 1. The van der Waals surface area contributed by atoms with Crippen molar-refractivity contribution < 1.29 is 13.2 Å². The third-order valence-electron chi connectivity index (χ3n) is 4.54. The summed E-state index contributed by atoms with van der Waals surface area (Å²) >= 11 is 5.66. The SMILES string of the molecule is O=C(CCl)N1CCCc2cc(S(=O)(=O)N3CCCCC3)ccc21. The lowest BCUT2D eigenvalue weighted by atomic mass is 10.0. The molecule has 0 unspecified atom stereocenters. The van der Waals surface area contributed by atoms with Gasteiger partial charge in [-0.1, -0.05) is 6.42 Å². The first-order chi connectivity index (χ1) is 11.0. The Labute approximate surface area is 142 Å². The number of nitrogens with zero attached hydrogens (tertiary/aromatic N) is 2. The minimum atomic E-state index is -3.43. The van der Waals surface area contributed by atoms with Gasteiger partial charge in [-0.05, 0) is 49.4 Å². The largest absolute Gasteiger partial charge is 0.311 e. The van der Waals surface area contributed by atoms with Gasteiger partial charge >= 0.3 is 0 Å². The van der Waals surface area contributed by atoms with Gasteiger partial charge in [-0.2, -0.15) is 4.31 Å². The quantitative estimate of drug-likeness (QED) is 0.781. The van der Waals surface area contributed by atoms with E-state index >= 15 is 0 Å². The number of halogens is 1. The van der Waals surface area contributed by atoms with Gasteiger partial charge in [0.2, 0.25) is 15.9 Å². The predicted molar refractivity (Wildman–Crippen MR) is 90.4 cm³/mol. The molecule has 0 bridgehead atoms. The van der Waals surface area contributed by atoms with Crippen LogP contribution in [0.3, 0.4) is 0 Å². The molecule has 0 radical (unpaired) electrons. The van der Waals surface area contributed by atoms with E-state index in [1.807, 2.05) is 0 Å². The Bertz CT molecular complexity index is 699. The van der Waals surface area contributed by atoms with Crippen LogP contribution >= 0.6 is 11.6 Å². The smallest absolute Gasteiger partial charge is 0.243 e. The highest BCUT2D eigenvalue weighted by Gasteiger charge is 2.28. The van der Waals surface area contributed by atoms with E-state index in [-0.39, 0.29) is 11.8 Å². The molecule has 7 heteroatoms. The molecule has 0 aliphatic carbocycles. The van der Waals surface area contributed by atoms with Gasteiger partial charge in [-0.25, -0.2) is 8.42 Å². The van der Waals surface area contributed by atoms with Crippen LogP contribution in [0, 0.1) is 0 Å². The average Bonchev–Trinajstić information content (AvgIpc) is 2.60. The molecule has 3 rings (SSSR count). The van der Waals surface area contributed by atoms with Crippen molar-refractivity contribution in [3.63, 3.8) is 0 Å². The van der Waals surface area contributed by atoms with Gasteiger partial charge in [0.05, 0.1) is 4.90 Å². The summed E-state index contributed by atoms with van der Waals surface area (Å²) in [5, 5.41) is 0. The minimum absolute atomic E-state index is 0.0622. The fourth-order valence-electron chi connectivity index (χ4n) is 3.32. The Balaban J connectivity index is 1.93. The van der Waals surface area contributed by atoms with E-state index in [1.165, 1.54) is 0 Å². The molecule has 2 aliphatic rings. The van der Waals surface area contributed by atoms with Gasteiger partial charge in [0.15, 0.2) is 0 Å². The summed E-state index contributed by atoms with van der Waals surface area (Å²) in [5.41, 5.74) is 1.70. The lowest BCUT2D eigenvalue weighted by Crippen LogP contribution is -2.37. The maximum atomic E-state index is 12.8. The van der Waals surface area contributed by atoms with Crippen molar-refractivity contribution >= 4 is 33.2 Å². The molecule has 2 heterocycles. The highest BCUT2D eigenvalue weighted by Crippen LogP contribution is 2.31. The molecule has 5 nitrogen and oxygen atoms in total. The number of alkyl halides is 1. The van der Waals surface area contributed by atoms with E-state index in [4.69, 9.17) is 11.6 Å². The average molecular weight is 357 g/mol. The van der Waals surface area contributed by atoms with Crippen LogP contribution in [0.2, 0.25) is 0 Å². The van der Waals surface area contributed by atoms with Crippen LogP contribution in [0.5, 0.6) is 0 Å². The van der Waals surface area contributed by atoms with Gasteiger partial charge in [0.1, 0.15) is 5.88 Å². The molecule has 0 N–H and O–H groups in total. The zero-order chi connectivity index (χ0) is 16.4. The zero-order valence-electron chi connectivity index (χ0n) is 13.0. The minimum Gasteiger partial charge on any atom is -0.311 e. The second kappa shape index (κ2) is 6.79. The Hall–Kier alpha value is -1.11. The molecule has 1 aromatic carbocycles. The number of aryl methyl sites for hydroxylation is 1. The van der Waals surface area contributed by atoms with Crippen molar-refractivity contribution in [3.05, 3.63) is 23.8 Å². The molecular weight excluding hydrogens is 336 g/mol. The normalized spacial score (nSPS) is 19.4. The van der Waals surface area contributed by atoms with Gasteiger partial charge in [0, 0.05) is 25.3 Å². The van der Waals surface area contributed by atoms with Crippen LogP contribution in [0.4, 0.5) is 5.69 Å². The number of benzene rings is 1. The van der Waals surface area contributed by atoms with Crippen LogP contribution in [0.25, 0.3) is 0 Å². The number of hydrogen-bond acceptors (Lipinski definition) is 3. The van der Waals surface area contributed by atoms with Crippen molar-refractivity contribution in [1.82, 2.24) is 4.31 Å². The van der Waals surface area contributed by atoms with E-state index < -0.39 is 10.0 Å². The Morgan fingerprint density at radius 1 is 1.09 bits per heavy atom. The summed E-state index contributed by atoms with van der Waals surface area (Å²) in [6.07, 6.45) is 4.53. The highest BCUT2D eigenvalue weighted by atomic mass is 35.5. The molecular formula is C16H21ClN2O3S. The number of hydrogen-bond donors (Lipinski definition) is 0. The molecule has 1 saturated heterocycles. The highest BCUT2D eigenvalue weighted by molar-refractivity contribution is 7.89. The van der Waals surface area contributed by atoms with Crippen LogP contribution in [0.15, 0.2) is 23.1 Å². The molecule has 0 atom stereocenters. The molecule has 1 amide bonds. The van der Waals surface area contributed by atoms with Gasteiger partial charge < -0.3 is 4.90 Å². The number of carbonyl (C=O) groups is 1. The predicted octanol–water partition coefficient (Wildman–Crippen LogP) is 2.38. The monoisotopic (exact) mass is 356 g/mol. The summed E-state index contributed by atoms with van der Waals surface area (Å²) in [6, 6.07) is 5.09. The first kappa shape index (κ1) is 16.7. The molecule has 1 fully saturated rings. The number of sulfonamides is 1. The first-order valence-electron chi connectivity index (χ1n) is 8.03. The van der Waals surface area contributed by atoms with E-state index in [9.17, 15) is 13.2 Å². The van der Waals surface area contributed by atoms with E-state index in [0.29, 0.717) is 24.5 Å². The van der Waals surface area contributed by atoms with Crippen LogP contribution in [0.1, 0.15) is 31.2 Å². The number of piperidine rings is 1. The molecule has 0 aromatic heterocycles. The fraction of sp³-hybridized carbons (Fsp3) is 0.562. The third kappa shape index (κ3) is 3.25. The van der Waals surface area contributed by atoms with E-state index in [1.54, 1.807) is 27.4 Å². The number of rotatable bonds is 3. The number of fused-ring (bicyclic) bond motifs is 1. The Morgan fingerprint density at radius 2 is 1.83 bits per heavy atom. The molecule has 0 spiro atoms. The summed E-state index contributed by atoms with van der Waals surface area (Å²) in [7, 11) is -3.43. The number of anilines is 1. The van der Waals surface area contributed by atoms with Crippen LogP contribution < -0.4 is 4.90 Å². The second-order valence-electron chi connectivity index (χ2n) is 6.04. The van der Waals surface area contributed by atoms with Crippen molar-refractivity contribution in [3.8, 4) is 0 Å². The van der Waals surface area contributed by atoms with Crippen LogP contribution in [-0.4, -0.2) is 44.1 Å². The standard InChI is InChI=1S/C16H21ClN2O3S/c17-12-16(20)19-10-4-5-13-11-14(6-7-15(13)19)23(21,22)18-8-2-1-3-9-18/h6-7,11H,1-5,8-10,12H2. The zero-order valence-corrected chi connectivity index (χ0v) is 14.6. The van der Waals surface area contributed by atoms with Gasteiger partial charge in [0.25, 0.3) is 0 Å². The lowest BCUT2D eigenvalue weighted by Gasteiger charge is -2.30. The summed E-state index contributed by atoms with van der Waals surface area (Å²) < 4.78 is 27.1. The molecule has 126 valence electrons. The maximum absolute atomic E-state index is 12.8. The fourth-order valence-corrected chi connectivity index (χ4v) is 5.03. The molecule has 23 heavy (non-hydrogen) atoms. The summed E-state index contributed by atoms with van der Waals surface area (Å²) in [6.45, 7) is 1.82. The lowest BCUT2D eigenvalue weighted by molar-refractivity contribution is -0.116. The Morgan fingerprint density at radius 3 is 2.52 bits per heavy atom. The van der Waals surface area contributed by atoms with Crippen molar-refractivity contribution in [1.29, 1.82) is 0 Å². The van der Waals surface area contributed by atoms with Crippen molar-refractivity contribution in [2.24, 2.45) is 0 Å². The Kier molecular flexibility index (Phi) is 4.94. The first-order valence-corrected chi connectivity index (χ1v) is 10.0. The molecule has 0 saturated carbocycles. The third-order valence-corrected chi connectivity index (χ3v) is 6.66. The van der Waals surface area contributed by atoms with Gasteiger partial charge in [-0.15, -0.1) is 11.6 Å². The van der Waals surface area contributed by atoms with Crippen molar-refractivity contribution in [2.75, 3.05) is 30.4 Å². The van der Waals surface area contributed by atoms with Crippen molar-refractivity contribution in [2.45, 2.75) is 37.0 Å². The van der Waals surface area contributed by atoms with Gasteiger partial charge in [-0.3, -0.25) is 4.79 Å². The van der Waals surface area contributed by atoms with Crippen LogP contribution in [-0.2, 0) is 21.2 Å². The molecule has 2 aliphatic heterocycles. The summed E-state index contributed by atoms with van der Waals surface area (Å²) in [5.74, 6) is -0.202.